The zero-order valence-corrected chi connectivity index (χ0v) is 34.8. The van der Waals surface area contributed by atoms with Gasteiger partial charge in [0, 0.05) is 24.2 Å². The molecule has 6 saturated carbocycles. The molecule has 0 bridgehead atoms. The molecule has 0 aromatic carbocycles. The molecule has 8 aliphatic rings. The Morgan fingerprint density at radius 2 is 0.886 bits per heavy atom. The van der Waals surface area contributed by atoms with Crippen LogP contribution in [0.2, 0.25) is 24.2 Å². The fourth-order valence-electron chi connectivity index (χ4n) is 15.3. The third-order valence-corrected chi connectivity index (χ3v) is 21.2. The molecule has 8 rings (SSSR count). The van der Waals surface area contributed by atoms with Crippen LogP contribution in [-0.4, -0.2) is 56.1 Å². The van der Waals surface area contributed by atoms with E-state index in [1.807, 2.05) is 0 Å². The van der Waals surface area contributed by atoms with E-state index in [1.165, 1.54) is 38.5 Å². The van der Waals surface area contributed by atoms with Crippen molar-refractivity contribution in [2.45, 2.75) is 152 Å². The van der Waals surface area contributed by atoms with Gasteiger partial charge in [0.05, 0.1) is 8.07 Å². The second kappa shape index (κ2) is 14.4. The molecule has 2 nitrogen and oxygen atoms in total. The maximum atomic E-state index is 4.93. The maximum absolute atomic E-state index is 4.93. The molecular formula is C38H68Cl2N2SiZr. The summed E-state index contributed by atoms with van der Waals surface area (Å²) in [7, 11) is 13.6. The quantitative estimate of drug-likeness (QED) is 0.205. The summed E-state index contributed by atoms with van der Waals surface area (Å²) in [5.74, 6) is 10.3. The molecule has 0 aromatic heterocycles. The average Bonchev–Trinajstić information content (AvgIpc) is 3.66. The number of nitrogens with zero attached hydrogens (tertiary/aromatic N) is 2. The van der Waals surface area contributed by atoms with E-state index in [1.54, 1.807) is 51.4 Å². The van der Waals surface area contributed by atoms with E-state index in [9.17, 15) is 0 Å². The predicted octanol–water partition coefficient (Wildman–Crippen LogP) is 10.8. The molecule has 0 aromatic rings. The Hall–Kier alpha value is 1.60. The fraction of sp³-hybridized carbons (Fsp3) is 0.947. The summed E-state index contributed by atoms with van der Waals surface area (Å²) in [5.41, 5.74) is 2.24. The van der Waals surface area contributed by atoms with Crippen LogP contribution in [0.1, 0.15) is 104 Å². The van der Waals surface area contributed by atoms with Crippen molar-refractivity contribution in [1.82, 2.24) is 9.80 Å². The monoisotopic (exact) mass is 740 g/mol. The molecule has 44 heavy (non-hydrogen) atoms. The molecule has 0 radical (unpaired) electrons. The van der Waals surface area contributed by atoms with Gasteiger partial charge in [-0.05, 0) is 136 Å². The normalized spacial score (nSPS) is 51.1. The number of halogens is 2. The van der Waals surface area contributed by atoms with Gasteiger partial charge in [-0.25, -0.2) is 0 Å². The van der Waals surface area contributed by atoms with E-state index in [0.717, 1.165) is 94.4 Å². The van der Waals surface area contributed by atoms with Crippen LogP contribution in [0.4, 0.5) is 0 Å². The number of hydrogen-bond donors (Lipinski definition) is 0. The van der Waals surface area contributed by atoms with Gasteiger partial charge >= 0.3 is 37.9 Å². The van der Waals surface area contributed by atoms with Crippen LogP contribution in [-0.2, 0) is 20.8 Å². The molecule has 8 fully saturated rings. The zero-order valence-electron chi connectivity index (χ0n) is 29.8. The van der Waals surface area contributed by atoms with Gasteiger partial charge in [0.1, 0.15) is 0 Å². The molecule has 252 valence electrons. The molecular weight excluding hydrogens is 675 g/mol. The van der Waals surface area contributed by atoms with Crippen molar-refractivity contribution < 1.29 is 20.8 Å². The van der Waals surface area contributed by atoms with Crippen LogP contribution in [0.5, 0.6) is 0 Å². The second-order valence-corrected chi connectivity index (χ2v) is 26.6. The number of rotatable bonds is 2. The fourth-order valence-corrected chi connectivity index (χ4v) is 21.6. The Balaban J connectivity index is 0.000000740. The van der Waals surface area contributed by atoms with Gasteiger partial charge in [0.25, 0.3) is 0 Å². The summed E-state index contributed by atoms with van der Waals surface area (Å²) >= 11 is -0.826. The van der Waals surface area contributed by atoms with E-state index in [4.69, 9.17) is 17.0 Å². The Labute approximate surface area is 294 Å². The van der Waals surface area contributed by atoms with E-state index >= 15 is 0 Å². The molecule has 16 atom stereocenters. The van der Waals surface area contributed by atoms with Crippen LogP contribution in [0.15, 0.2) is 0 Å². The number of fused-ring (bicyclic) bond motifs is 10. The minimum atomic E-state index is -1.53. The van der Waals surface area contributed by atoms with E-state index in [-0.39, 0.29) is 14.9 Å². The molecule has 0 spiro atoms. The first-order valence-corrected chi connectivity index (χ1v) is 28.1. The summed E-state index contributed by atoms with van der Waals surface area (Å²) in [6.45, 7) is 11.3. The third kappa shape index (κ3) is 5.72. The summed E-state index contributed by atoms with van der Waals surface area (Å²) in [6, 6.07) is 3.73. The van der Waals surface area contributed by atoms with Crippen LogP contribution in [0.25, 0.3) is 0 Å². The van der Waals surface area contributed by atoms with E-state index in [0.29, 0.717) is 0 Å². The molecule has 6 aliphatic carbocycles. The van der Waals surface area contributed by atoms with Crippen molar-refractivity contribution in [3.63, 3.8) is 0 Å². The topological polar surface area (TPSA) is 6.48 Å². The predicted molar refractivity (Wildman–Crippen MR) is 191 cm³/mol. The number of likely N-dealkylation sites (tertiary alicyclic amines) is 2. The summed E-state index contributed by atoms with van der Waals surface area (Å²) in [4.78, 5) is 6.11. The first kappa shape index (κ1) is 36.9. The van der Waals surface area contributed by atoms with Gasteiger partial charge in [-0.2, -0.15) is 0 Å². The van der Waals surface area contributed by atoms with Gasteiger partial charge in [-0.15, -0.1) is 0 Å². The molecule has 16 unspecified atom stereocenters. The Morgan fingerprint density at radius 1 is 0.545 bits per heavy atom. The second-order valence-electron chi connectivity index (χ2n) is 17.9. The van der Waals surface area contributed by atoms with Crippen molar-refractivity contribution in [2.75, 3.05) is 14.1 Å². The SMILES string of the molecule is CC1CCC2C(C1)C1C(C3CCCCC3C1[Si](C)(C)C1C3CCCCC3C3C1C1CC(C)CCC1N3C)N2C.[CH3-].[CH3-].[Cl][Zr+2][Cl]. The van der Waals surface area contributed by atoms with Crippen molar-refractivity contribution in [2.24, 2.45) is 59.2 Å². The molecule has 2 heterocycles. The third-order valence-electron chi connectivity index (χ3n) is 16.1. The summed E-state index contributed by atoms with van der Waals surface area (Å²) < 4.78 is 0. The van der Waals surface area contributed by atoms with Gasteiger partial charge in [0.2, 0.25) is 0 Å². The zero-order chi connectivity index (χ0) is 29.5. The van der Waals surface area contributed by atoms with Crippen molar-refractivity contribution >= 4 is 25.1 Å². The molecule has 6 heteroatoms. The Kier molecular flexibility index (Phi) is 12.1. The Morgan fingerprint density at radius 3 is 1.25 bits per heavy atom. The molecule has 2 saturated heterocycles. The van der Waals surface area contributed by atoms with Crippen LogP contribution in [0, 0.1) is 74.0 Å². The van der Waals surface area contributed by atoms with Crippen molar-refractivity contribution in [3.8, 4) is 0 Å². The number of hydrogen-bond acceptors (Lipinski definition) is 2. The van der Waals surface area contributed by atoms with Crippen LogP contribution in [0.3, 0.4) is 0 Å². The van der Waals surface area contributed by atoms with E-state index < -0.39 is 28.9 Å². The Bertz CT molecular complexity index is 895. The molecule has 0 amide bonds. The van der Waals surface area contributed by atoms with Gasteiger partial charge < -0.3 is 14.9 Å². The van der Waals surface area contributed by atoms with Crippen molar-refractivity contribution in [1.29, 1.82) is 0 Å². The van der Waals surface area contributed by atoms with Gasteiger partial charge in [0.15, 0.2) is 0 Å². The summed E-state index contributed by atoms with van der Waals surface area (Å²) in [5, 5.41) is 0. The van der Waals surface area contributed by atoms with Gasteiger partial charge in [-0.1, -0.05) is 65.5 Å². The molecule has 2 aliphatic heterocycles. The van der Waals surface area contributed by atoms with Crippen molar-refractivity contribution in [3.05, 3.63) is 14.9 Å². The van der Waals surface area contributed by atoms with E-state index in [2.05, 4.69) is 50.8 Å². The first-order valence-electron chi connectivity index (χ1n) is 18.6. The minimum absolute atomic E-state index is 0. The van der Waals surface area contributed by atoms with Crippen LogP contribution < -0.4 is 0 Å². The van der Waals surface area contributed by atoms with Crippen LogP contribution >= 0.6 is 17.0 Å². The average molecular weight is 743 g/mol. The first-order chi connectivity index (χ1) is 20.2. The summed E-state index contributed by atoms with van der Waals surface area (Å²) in [6.07, 6.45) is 21.6. The molecule has 0 N–H and O–H groups in total. The van der Waals surface area contributed by atoms with Gasteiger partial charge in [-0.3, -0.25) is 9.80 Å². The standard InChI is InChI=1S/C36H62N2Si.2CH3.2ClH.Zr/c1-21-15-17-29-27(19-21)31-33(37(29)3)23-11-7-9-13-25(23)35(31)39(5,6)36-26-14-10-8-12-24(26)34-32(36)28-20-22(2)16-18-30(28)38(34)4;;;;;/h21-36H,7-20H2,1-6H3;2*1H3;2*1H;/q;2*-1;;;+4/p-2.